The van der Waals surface area contributed by atoms with E-state index in [-0.39, 0.29) is 6.61 Å². The van der Waals surface area contributed by atoms with E-state index in [0.717, 1.165) is 11.4 Å². The maximum Gasteiger partial charge on any atom is 0.129 e. The topological polar surface area (TPSA) is 56.6 Å². The molecular weight excluding hydrogens is 240 g/mol. The highest BCUT2D eigenvalue weighted by Gasteiger charge is 2.22. The van der Waals surface area contributed by atoms with Crippen LogP contribution in [-0.4, -0.2) is 34.4 Å². The molecule has 0 saturated heterocycles. The lowest BCUT2D eigenvalue weighted by Gasteiger charge is -2.35. The molecule has 19 heavy (non-hydrogen) atoms. The van der Waals surface area contributed by atoms with Crippen LogP contribution in [-0.2, 0) is 0 Å². The van der Waals surface area contributed by atoms with Gasteiger partial charge in [0.1, 0.15) is 5.82 Å². The zero-order valence-electron chi connectivity index (χ0n) is 11.6. The third-order valence-electron chi connectivity index (χ3n) is 3.90. The van der Waals surface area contributed by atoms with E-state index in [9.17, 15) is 10.2 Å². The minimum absolute atomic E-state index is 0.136. The van der Waals surface area contributed by atoms with Crippen LogP contribution in [0.1, 0.15) is 50.7 Å². The quantitative estimate of drug-likeness (QED) is 0.856. The molecule has 1 aromatic heterocycles. The molecule has 1 fully saturated rings. The van der Waals surface area contributed by atoms with Crippen molar-refractivity contribution in [2.24, 2.45) is 0 Å². The first-order valence-corrected chi connectivity index (χ1v) is 7.24. The minimum atomic E-state index is -0.482. The molecule has 4 nitrogen and oxygen atoms in total. The highest BCUT2D eigenvalue weighted by molar-refractivity contribution is 5.42. The van der Waals surface area contributed by atoms with Crippen molar-refractivity contribution in [2.45, 2.75) is 51.2 Å². The predicted octanol–water partition coefficient (Wildman–Crippen LogP) is 2.27. The fourth-order valence-corrected chi connectivity index (χ4v) is 2.84. The van der Waals surface area contributed by atoms with Gasteiger partial charge in [0.15, 0.2) is 0 Å². The lowest BCUT2D eigenvalue weighted by Crippen LogP contribution is -2.39. The predicted molar refractivity (Wildman–Crippen MR) is 76.2 cm³/mol. The Morgan fingerprint density at radius 3 is 2.74 bits per heavy atom. The maximum atomic E-state index is 9.67. The lowest BCUT2D eigenvalue weighted by molar-refractivity contribution is 0.199. The van der Waals surface area contributed by atoms with Gasteiger partial charge in [-0.05, 0) is 37.5 Å². The van der Waals surface area contributed by atoms with Crippen molar-refractivity contribution in [1.29, 1.82) is 0 Å². The molecule has 4 heteroatoms. The standard InChI is InChI=1S/C15H24N2O2/c1-12(19)13-7-8-16-15(11-13)17(9-10-18)14-5-3-2-4-6-14/h7-8,11-12,14,18-19H,2-6,9-10H2,1H3/t12-/m0/s1. The van der Waals surface area contributed by atoms with Gasteiger partial charge in [0.2, 0.25) is 0 Å². The number of pyridine rings is 1. The first-order chi connectivity index (χ1) is 9.22. The molecule has 0 aliphatic heterocycles. The normalized spacial score (nSPS) is 18.3. The molecule has 2 rings (SSSR count). The van der Waals surface area contributed by atoms with Crippen molar-refractivity contribution in [2.75, 3.05) is 18.1 Å². The minimum Gasteiger partial charge on any atom is -0.395 e. The van der Waals surface area contributed by atoms with Crippen LogP contribution in [0.4, 0.5) is 5.82 Å². The summed E-state index contributed by atoms with van der Waals surface area (Å²) in [7, 11) is 0. The highest BCUT2D eigenvalue weighted by atomic mass is 16.3. The summed E-state index contributed by atoms with van der Waals surface area (Å²) in [4.78, 5) is 6.62. The average Bonchev–Trinajstić information content (AvgIpc) is 2.46. The Hall–Kier alpha value is -1.13. The van der Waals surface area contributed by atoms with Crippen LogP contribution < -0.4 is 4.90 Å². The second-order valence-corrected chi connectivity index (χ2v) is 5.33. The largest absolute Gasteiger partial charge is 0.395 e. The van der Waals surface area contributed by atoms with Crippen LogP contribution >= 0.6 is 0 Å². The monoisotopic (exact) mass is 264 g/mol. The second kappa shape index (κ2) is 6.87. The number of rotatable bonds is 5. The molecule has 0 radical (unpaired) electrons. The van der Waals surface area contributed by atoms with E-state index in [1.165, 1.54) is 32.1 Å². The summed E-state index contributed by atoms with van der Waals surface area (Å²) in [5, 5.41) is 19.0. The molecule has 1 atom stereocenters. The first kappa shape index (κ1) is 14.3. The molecule has 0 bridgehead atoms. The molecular formula is C15H24N2O2. The molecule has 0 unspecified atom stereocenters. The zero-order valence-corrected chi connectivity index (χ0v) is 11.6. The summed E-state index contributed by atoms with van der Waals surface area (Å²) in [6.07, 6.45) is 7.41. The number of anilines is 1. The summed E-state index contributed by atoms with van der Waals surface area (Å²) in [5.74, 6) is 0.874. The van der Waals surface area contributed by atoms with E-state index < -0.39 is 6.10 Å². The van der Waals surface area contributed by atoms with Crippen molar-refractivity contribution < 1.29 is 10.2 Å². The third kappa shape index (κ3) is 3.67. The van der Waals surface area contributed by atoms with Crippen LogP contribution in [0.25, 0.3) is 0 Å². The van der Waals surface area contributed by atoms with Crippen LogP contribution in [0.5, 0.6) is 0 Å². The second-order valence-electron chi connectivity index (χ2n) is 5.33. The average molecular weight is 264 g/mol. The molecule has 1 aliphatic rings. The maximum absolute atomic E-state index is 9.67. The van der Waals surface area contributed by atoms with Crippen molar-refractivity contribution in [3.05, 3.63) is 23.9 Å². The number of aromatic nitrogens is 1. The molecule has 0 aromatic carbocycles. The number of hydrogen-bond donors (Lipinski definition) is 2. The molecule has 1 aromatic rings. The van der Waals surface area contributed by atoms with E-state index in [1.807, 2.05) is 12.1 Å². The summed E-state index contributed by atoms with van der Waals surface area (Å²) < 4.78 is 0. The Kier molecular flexibility index (Phi) is 5.16. The van der Waals surface area contributed by atoms with Gasteiger partial charge in [-0.25, -0.2) is 4.98 Å². The summed E-state index contributed by atoms with van der Waals surface area (Å²) in [5.41, 5.74) is 0.878. The van der Waals surface area contributed by atoms with Gasteiger partial charge in [-0.2, -0.15) is 0 Å². The molecule has 1 aliphatic carbocycles. The van der Waals surface area contributed by atoms with Crippen LogP contribution in [0.2, 0.25) is 0 Å². The van der Waals surface area contributed by atoms with Crippen LogP contribution in [0.3, 0.4) is 0 Å². The van der Waals surface area contributed by atoms with E-state index in [0.29, 0.717) is 12.6 Å². The first-order valence-electron chi connectivity index (χ1n) is 7.24. The SMILES string of the molecule is C[C@H](O)c1ccnc(N(CCO)C2CCCCC2)c1. The van der Waals surface area contributed by atoms with Gasteiger partial charge in [-0.1, -0.05) is 19.3 Å². The van der Waals surface area contributed by atoms with Crippen molar-refractivity contribution in [3.8, 4) is 0 Å². The fraction of sp³-hybridized carbons (Fsp3) is 0.667. The van der Waals surface area contributed by atoms with E-state index in [4.69, 9.17) is 0 Å². The number of aliphatic hydroxyl groups excluding tert-OH is 2. The summed E-state index contributed by atoms with van der Waals surface area (Å²) >= 11 is 0. The van der Waals surface area contributed by atoms with Gasteiger partial charge < -0.3 is 15.1 Å². The van der Waals surface area contributed by atoms with Gasteiger partial charge in [0.25, 0.3) is 0 Å². The Bertz CT molecular complexity index is 389. The smallest absolute Gasteiger partial charge is 0.129 e. The van der Waals surface area contributed by atoms with Gasteiger partial charge in [0, 0.05) is 18.8 Å². The summed E-state index contributed by atoms with van der Waals surface area (Å²) in [6.45, 7) is 2.51. The molecule has 1 heterocycles. The Morgan fingerprint density at radius 1 is 1.37 bits per heavy atom. The number of nitrogens with zero attached hydrogens (tertiary/aromatic N) is 2. The van der Waals surface area contributed by atoms with Crippen LogP contribution in [0, 0.1) is 0 Å². The van der Waals surface area contributed by atoms with Gasteiger partial charge >= 0.3 is 0 Å². The molecule has 0 spiro atoms. The van der Waals surface area contributed by atoms with Crippen molar-refractivity contribution in [1.82, 2.24) is 4.98 Å². The summed E-state index contributed by atoms with van der Waals surface area (Å²) in [6, 6.07) is 4.25. The Morgan fingerprint density at radius 2 is 2.11 bits per heavy atom. The molecule has 2 N–H and O–H groups in total. The molecule has 106 valence electrons. The Balaban J connectivity index is 2.19. The Labute approximate surface area is 115 Å². The van der Waals surface area contributed by atoms with E-state index >= 15 is 0 Å². The van der Waals surface area contributed by atoms with Crippen molar-refractivity contribution in [3.63, 3.8) is 0 Å². The lowest BCUT2D eigenvalue weighted by atomic mass is 9.94. The van der Waals surface area contributed by atoms with Gasteiger partial charge in [0.05, 0.1) is 12.7 Å². The highest BCUT2D eigenvalue weighted by Crippen LogP contribution is 2.27. The number of hydrogen-bond acceptors (Lipinski definition) is 4. The van der Waals surface area contributed by atoms with Crippen molar-refractivity contribution >= 4 is 5.82 Å². The molecule has 1 saturated carbocycles. The van der Waals surface area contributed by atoms with Crippen LogP contribution in [0.15, 0.2) is 18.3 Å². The zero-order chi connectivity index (χ0) is 13.7. The number of aliphatic hydroxyl groups is 2. The van der Waals surface area contributed by atoms with E-state index in [2.05, 4.69) is 9.88 Å². The third-order valence-corrected chi connectivity index (χ3v) is 3.90. The molecule has 0 amide bonds. The fourth-order valence-electron chi connectivity index (χ4n) is 2.84. The van der Waals surface area contributed by atoms with Gasteiger partial charge in [-0.3, -0.25) is 0 Å². The van der Waals surface area contributed by atoms with Gasteiger partial charge in [-0.15, -0.1) is 0 Å². The van der Waals surface area contributed by atoms with E-state index in [1.54, 1.807) is 13.1 Å².